The van der Waals surface area contributed by atoms with E-state index in [-0.39, 0.29) is 0 Å². The molecule has 4 rings (SSSR count). The average Bonchev–Trinajstić information content (AvgIpc) is 2.75. The summed E-state index contributed by atoms with van der Waals surface area (Å²) in [7, 11) is 0. The zero-order valence-electron chi connectivity index (χ0n) is 12.5. The largest absolute Gasteiger partial charge is 0.455 e. The predicted octanol–water partition coefficient (Wildman–Crippen LogP) is 6.17. The van der Waals surface area contributed by atoms with Gasteiger partial charge >= 0.3 is 0 Å². The minimum absolute atomic E-state index is 0.946. The second-order valence-corrected chi connectivity index (χ2v) is 6.72. The molecule has 0 atom stereocenters. The molecule has 0 spiro atoms. The van der Waals surface area contributed by atoms with Crippen LogP contribution in [0.5, 0.6) is 0 Å². The maximum Gasteiger partial charge on any atom is 0.149 e. The first-order valence-electron chi connectivity index (χ1n) is 7.70. The van der Waals surface area contributed by atoms with Crippen LogP contribution in [0.4, 0.5) is 0 Å². The topological polar surface area (TPSA) is 13.1 Å². The Bertz CT molecular complexity index is 827. The van der Waals surface area contributed by atoms with Crippen LogP contribution in [-0.4, -0.2) is 0 Å². The van der Waals surface area contributed by atoms with Crippen molar-refractivity contribution in [2.24, 2.45) is 0 Å². The van der Waals surface area contributed by atoms with E-state index in [1.54, 1.807) is 0 Å². The second-order valence-electron chi connectivity index (χ2n) is 5.93. The third-order valence-electron chi connectivity index (χ3n) is 4.39. The number of rotatable bonds is 1. The molecule has 2 heteroatoms. The van der Waals surface area contributed by atoms with Gasteiger partial charge in [0.1, 0.15) is 11.5 Å². The van der Waals surface area contributed by atoms with Gasteiger partial charge < -0.3 is 4.42 Å². The molecule has 0 unspecified atom stereocenters. The van der Waals surface area contributed by atoms with Crippen molar-refractivity contribution in [3.63, 3.8) is 0 Å². The molecular weight excluding hydrogens is 336 g/mol. The summed E-state index contributed by atoms with van der Waals surface area (Å²) in [6.07, 6.45) is 3.34. The van der Waals surface area contributed by atoms with Crippen molar-refractivity contribution in [2.75, 3.05) is 0 Å². The number of halogens is 1. The molecule has 0 amide bonds. The van der Waals surface area contributed by atoms with E-state index in [0.717, 1.165) is 40.8 Å². The molecule has 1 nitrogen and oxygen atoms in total. The lowest BCUT2D eigenvalue weighted by Gasteiger charge is -2.04. The van der Waals surface area contributed by atoms with Crippen LogP contribution in [0.2, 0.25) is 0 Å². The fraction of sp³-hybridized carbons (Fsp3) is 0.200. The number of aryl methyl sites for hydroxylation is 2. The van der Waals surface area contributed by atoms with Gasteiger partial charge in [0.2, 0.25) is 0 Å². The first-order chi connectivity index (χ1) is 10.7. The molecule has 0 bridgehead atoms. The number of furan rings is 1. The normalized spacial score (nSPS) is 13.4. The van der Waals surface area contributed by atoms with Crippen LogP contribution in [0.1, 0.15) is 23.1 Å². The lowest BCUT2D eigenvalue weighted by molar-refractivity contribution is 0.594. The van der Waals surface area contributed by atoms with Crippen LogP contribution in [0.25, 0.3) is 22.6 Å². The van der Waals surface area contributed by atoms with Gasteiger partial charge in [-0.1, -0.05) is 54.1 Å². The van der Waals surface area contributed by atoms with E-state index in [1.165, 1.54) is 22.3 Å². The first kappa shape index (κ1) is 13.8. The number of benzene rings is 2. The molecule has 1 aliphatic carbocycles. The predicted molar refractivity (Wildman–Crippen MR) is 94.0 cm³/mol. The Hall–Kier alpha value is -1.80. The Morgan fingerprint density at radius 3 is 2.50 bits per heavy atom. The molecular formula is C20H17BrO. The average molecular weight is 353 g/mol. The number of hydrogen-bond acceptors (Lipinski definition) is 1. The van der Waals surface area contributed by atoms with Gasteiger partial charge in [0, 0.05) is 16.7 Å². The summed E-state index contributed by atoms with van der Waals surface area (Å²) < 4.78 is 7.44. The van der Waals surface area contributed by atoms with Crippen LogP contribution in [0.15, 0.2) is 57.4 Å². The van der Waals surface area contributed by atoms with Crippen molar-refractivity contribution in [3.8, 4) is 22.6 Å². The highest BCUT2D eigenvalue weighted by Gasteiger charge is 2.24. The Kier molecular flexibility index (Phi) is 3.42. The van der Waals surface area contributed by atoms with Gasteiger partial charge in [0.25, 0.3) is 0 Å². The second kappa shape index (κ2) is 5.44. The van der Waals surface area contributed by atoms with E-state index < -0.39 is 0 Å². The SMILES string of the molecule is Cc1ccc(-c2oc3c(c2Br)CCCc2ccccc2-3)cc1. The molecule has 0 saturated heterocycles. The summed E-state index contributed by atoms with van der Waals surface area (Å²) in [5.41, 5.74) is 6.33. The Morgan fingerprint density at radius 1 is 0.909 bits per heavy atom. The van der Waals surface area contributed by atoms with Crippen molar-refractivity contribution in [1.82, 2.24) is 0 Å². The van der Waals surface area contributed by atoms with Crippen LogP contribution in [0, 0.1) is 6.92 Å². The maximum absolute atomic E-state index is 6.32. The third kappa shape index (κ3) is 2.22. The van der Waals surface area contributed by atoms with E-state index in [4.69, 9.17) is 4.42 Å². The van der Waals surface area contributed by atoms with Crippen LogP contribution < -0.4 is 0 Å². The molecule has 1 heterocycles. The molecule has 0 saturated carbocycles. The Balaban J connectivity index is 1.92. The minimum Gasteiger partial charge on any atom is -0.455 e. The summed E-state index contributed by atoms with van der Waals surface area (Å²) >= 11 is 3.79. The van der Waals surface area contributed by atoms with Gasteiger partial charge in [0.15, 0.2) is 0 Å². The summed E-state index contributed by atoms with van der Waals surface area (Å²) in [5.74, 6) is 1.98. The van der Waals surface area contributed by atoms with E-state index in [9.17, 15) is 0 Å². The highest BCUT2D eigenvalue weighted by Crippen LogP contribution is 2.43. The van der Waals surface area contributed by atoms with Gasteiger partial charge in [0.05, 0.1) is 4.47 Å². The van der Waals surface area contributed by atoms with Crippen molar-refractivity contribution in [3.05, 3.63) is 69.7 Å². The Morgan fingerprint density at radius 2 is 1.68 bits per heavy atom. The molecule has 2 aromatic carbocycles. The van der Waals surface area contributed by atoms with Crippen molar-refractivity contribution < 1.29 is 4.42 Å². The smallest absolute Gasteiger partial charge is 0.149 e. The lowest BCUT2D eigenvalue weighted by atomic mass is 10.0. The van der Waals surface area contributed by atoms with Crippen molar-refractivity contribution >= 4 is 15.9 Å². The molecule has 0 radical (unpaired) electrons. The number of fused-ring (bicyclic) bond motifs is 3. The summed E-state index contributed by atoms with van der Waals surface area (Å²) in [6, 6.07) is 17.1. The van der Waals surface area contributed by atoms with Crippen LogP contribution in [-0.2, 0) is 12.8 Å². The first-order valence-corrected chi connectivity index (χ1v) is 8.50. The van der Waals surface area contributed by atoms with Gasteiger partial charge in [-0.15, -0.1) is 0 Å². The highest BCUT2D eigenvalue weighted by molar-refractivity contribution is 9.10. The zero-order chi connectivity index (χ0) is 15.1. The highest BCUT2D eigenvalue weighted by atomic mass is 79.9. The summed E-state index contributed by atoms with van der Waals surface area (Å²) in [5, 5.41) is 0. The van der Waals surface area contributed by atoms with Gasteiger partial charge in [-0.3, -0.25) is 0 Å². The maximum atomic E-state index is 6.32. The summed E-state index contributed by atoms with van der Waals surface area (Å²) in [4.78, 5) is 0. The molecule has 0 aliphatic heterocycles. The van der Waals surface area contributed by atoms with Gasteiger partial charge in [-0.05, 0) is 47.7 Å². The van der Waals surface area contributed by atoms with E-state index >= 15 is 0 Å². The standard InChI is InChI=1S/C20H17BrO/c1-13-9-11-15(12-10-13)19-18(21)17-8-4-6-14-5-2-3-7-16(14)20(17)22-19/h2-3,5,7,9-12H,4,6,8H2,1H3. The molecule has 0 fully saturated rings. The Labute approximate surface area is 139 Å². The molecule has 22 heavy (non-hydrogen) atoms. The fourth-order valence-corrected chi connectivity index (χ4v) is 3.88. The molecule has 0 N–H and O–H groups in total. The van der Waals surface area contributed by atoms with Crippen molar-refractivity contribution in [1.29, 1.82) is 0 Å². The quantitative estimate of drug-likeness (QED) is 0.510. The third-order valence-corrected chi connectivity index (χ3v) is 5.23. The fourth-order valence-electron chi connectivity index (χ4n) is 3.19. The monoisotopic (exact) mass is 352 g/mol. The summed E-state index contributed by atoms with van der Waals surface area (Å²) in [6.45, 7) is 2.10. The lowest BCUT2D eigenvalue weighted by Crippen LogP contribution is -1.86. The molecule has 1 aliphatic rings. The van der Waals surface area contributed by atoms with Gasteiger partial charge in [-0.2, -0.15) is 0 Å². The van der Waals surface area contributed by atoms with E-state index in [0.29, 0.717) is 0 Å². The minimum atomic E-state index is 0.946. The molecule has 110 valence electrons. The van der Waals surface area contributed by atoms with E-state index in [1.807, 2.05) is 0 Å². The van der Waals surface area contributed by atoms with Crippen LogP contribution >= 0.6 is 15.9 Å². The van der Waals surface area contributed by atoms with Gasteiger partial charge in [-0.25, -0.2) is 0 Å². The molecule has 3 aromatic rings. The van der Waals surface area contributed by atoms with Crippen molar-refractivity contribution in [2.45, 2.75) is 26.2 Å². The van der Waals surface area contributed by atoms with E-state index in [2.05, 4.69) is 71.4 Å². The van der Waals surface area contributed by atoms with Crippen LogP contribution in [0.3, 0.4) is 0 Å². The molecule has 1 aromatic heterocycles. The zero-order valence-corrected chi connectivity index (χ0v) is 14.1. The number of hydrogen-bond donors (Lipinski definition) is 0.